The molecule has 0 aromatic heterocycles. The molecule has 5 heteroatoms. The van der Waals surface area contributed by atoms with Crippen LogP contribution >= 0.6 is 0 Å². The Labute approximate surface area is 130 Å². The summed E-state index contributed by atoms with van der Waals surface area (Å²) in [5.41, 5.74) is 3.89. The molecule has 0 fully saturated rings. The van der Waals surface area contributed by atoms with E-state index in [4.69, 9.17) is 9.47 Å². The van der Waals surface area contributed by atoms with E-state index >= 15 is 0 Å². The first-order valence-electron chi connectivity index (χ1n) is 7.15. The summed E-state index contributed by atoms with van der Waals surface area (Å²) >= 11 is 0. The van der Waals surface area contributed by atoms with E-state index in [2.05, 4.69) is 10.4 Å². The number of fused-ring (bicyclic) bond motifs is 1. The fourth-order valence-corrected chi connectivity index (χ4v) is 2.43. The van der Waals surface area contributed by atoms with E-state index in [1.807, 2.05) is 68.5 Å². The fourth-order valence-electron chi connectivity index (χ4n) is 2.43. The van der Waals surface area contributed by atoms with Crippen LogP contribution in [0.25, 0.3) is 0 Å². The van der Waals surface area contributed by atoms with Gasteiger partial charge in [-0.2, -0.15) is 5.10 Å². The highest BCUT2D eigenvalue weighted by Crippen LogP contribution is 2.37. The van der Waals surface area contributed by atoms with Crippen molar-refractivity contribution in [3.05, 3.63) is 48.0 Å². The van der Waals surface area contributed by atoms with Gasteiger partial charge in [0.1, 0.15) is 0 Å². The van der Waals surface area contributed by atoms with Crippen LogP contribution in [0.2, 0.25) is 0 Å². The molecule has 5 nitrogen and oxygen atoms in total. The standard InChI is InChI=1S/C17H19N3O2/c1-12(19-20(3)13-7-5-4-6-8-13)14-9-16-17(22-11-21-16)10-15(14)18-2/h4-10,18H,11H2,1-3H3/b19-12+. The molecule has 1 aliphatic heterocycles. The molecule has 0 aliphatic carbocycles. The third-order valence-electron chi connectivity index (χ3n) is 3.60. The quantitative estimate of drug-likeness (QED) is 0.694. The molecule has 22 heavy (non-hydrogen) atoms. The molecule has 0 bridgehead atoms. The Morgan fingerprint density at radius 3 is 2.50 bits per heavy atom. The van der Waals surface area contributed by atoms with Crippen molar-refractivity contribution < 1.29 is 9.47 Å². The van der Waals surface area contributed by atoms with Gasteiger partial charge in [-0.3, -0.25) is 5.01 Å². The SMILES string of the molecule is CNc1cc2c(cc1/C(C)=N/N(C)c1ccccc1)OCO2. The van der Waals surface area contributed by atoms with Crippen LogP contribution in [0.1, 0.15) is 12.5 Å². The van der Waals surface area contributed by atoms with Crippen LogP contribution in [0.15, 0.2) is 47.6 Å². The van der Waals surface area contributed by atoms with E-state index in [1.165, 1.54) is 0 Å². The lowest BCUT2D eigenvalue weighted by Gasteiger charge is -2.16. The second kappa shape index (κ2) is 5.97. The van der Waals surface area contributed by atoms with Gasteiger partial charge in [0.2, 0.25) is 6.79 Å². The van der Waals surface area contributed by atoms with Gasteiger partial charge in [0.25, 0.3) is 0 Å². The number of nitrogens with one attached hydrogen (secondary N) is 1. The zero-order valence-corrected chi connectivity index (χ0v) is 13.0. The van der Waals surface area contributed by atoms with Gasteiger partial charge in [-0.15, -0.1) is 0 Å². The Balaban J connectivity index is 1.94. The molecule has 1 N–H and O–H groups in total. The van der Waals surface area contributed by atoms with Crippen LogP contribution in [-0.4, -0.2) is 26.6 Å². The van der Waals surface area contributed by atoms with Crippen molar-refractivity contribution in [1.29, 1.82) is 0 Å². The number of hydrogen-bond donors (Lipinski definition) is 1. The maximum Gasteiger partial charge on any atom is 0.231 e. The summed E-state index contributed by atoms with van der Waals surface area (Å²) < 4.78 is 10.9. The van der Waals surface area contributed by atoms with E-state index in [9.17, 15) is 0 Å². The number of para-hydroxylation sites is 1. The van der Waals surface area contributed by atoms with Crippen LogP contribution in [0.5, 0.6) is 11.5 Å². The lowest BCUT2D eigenvalue weighted by molar-refractivity contribution is 0.174. The topological polar surface area (TPSA) is 46.1 Å². The highest BCUT2D eigenvalue weighted by molar-refractivity contribution is 6.04. The number of benzene rings is 2. The van der Waals surface area contributed by atoms with Crippen molar-refractivity contribution in [3.63, 3.8) is 0 Å². The summed E-state index contributed by atoms with van der Waals surface area (Å²) in [7, 11) is 3.82. The summed E-state index contributed by atoms with van der Waals surface area (Å²) in [6.07, 6.45) is 0. The second-order valence-corrected chi connectivity index (χ2v) is 5.05. The average molecular weight is 297 g/mol. The van der Waals surface area contributed by atoms with Gasteiger partial charge in [0, 0.05) is 31.4 Å². The Hall–Kier alpha value is -2.69. The average Bonchev–Trinajstić information content (AvgIpc) is 3.01. The number of ether oxygens (including phenoxy) is 2. The van der Waals surface area contributed by atoms with Crippen molar-refractivity contribution >= 4 is 17.1 Å². The highest BCUT2D eigenvalue weighted by Gasteiger charge is 2.18. The van der Waals surface area contributed by atoms with Gasteiger partial charge in [-0.05, 0) is 25.1 Å². The number of rotatable bonds is 4. The monoisotopic (exact) mass is 297 g/mol. The number of hydrazone groups is 1. The summed E-state index contributed by atoms with van der Waals surface area (Å²) in [5, 5.41) is 9.71. The lowest BCUT2D eigenvalue weighted by Crippen LogP contribution is -2.13. The van der Waals surface area contributed by atoms with E-state index in [0.29, 0.717) is 0 Å². The molecule has 3 rings (SSSR count). The molecule has 0 atom stereocenters. The lowest BCUT2D eigenvalue weighted by atomic mass is 10.1. The summed E-state index contributed by atoms with van der Waals surface area (Å²) in [4.78, 5) is 0. The molecule has 2 aromatic carbocycles. The summed E-state index contributed by atoms with van der Waals surface area (Å²) in [5.74, 6) is 1.52. The van der Waals surface area contributed by atoms with Crippen molar-refractivity contribution in [2.75, 3.05) is 31.2 Å². The predicted molar refractivity (Wildman–Crippen MR) is 89.2 cm³/mol. The molecule has 2 aromatic rings. The van der Waals surface area contributed by atoms with Gasteiger partial charge in [-0.1, -0.05) is 18.2 Å². The Bertz CT molecular complexity index is 699. The third-order valence-corrected chi connectivity index (χ3v) is 3.60. The van der Waals surface area contributed by atoms with Crippen molar-refractivity contribution in [3.8, 4) is 11.5 Å². The van der Waals surface area contributed by atoms with Gasteiger partial charge >= 0.3 is 0 Å². The minimum absolute atomic E-state index is 0.266. The molecular formula is C17H19N3O2. The molecule has 0 radical (unpaired) electrons. The second-order valence-electron chi connectivity index (χ2n) is 5.05. The van der Waals surface area contributed by atoms with E-state index in [1.54, 1.807) is 0 Å². The van der Waals surface area contributed by atoms with Crippen molar-refractivity contribution in [1.82, 2.24) is 0 Å². The maximum atomic E-state index is 5.46. The predicted octanol–water partition coefficient (Wildman–Crippen LogP) is 3.32. The molecule has 1 heterocycles. The van der Waals surface area contributed by atoms with E-state index < -0.39 is 0 Å². The molecule has 0 saturated heterocycles. The Morgan fingerprint density at radius 2 is 1.82 bits per heavy atom. The summed E-state index contributed by atoms with van der Waals surface area (Å²) in [6.45, 7) is 2.25. The molecule has 0 amide bonds. The minimum Gasteiger partial charge on any atom is -0.454 e. The first-order valence-corrected chi connectivity index (χ1v) is 7.15. The number of anilines is 2. The number of hydrogen-bond acceptors (Lipinski definition) is 5. The number of nitrogens with zero attached hydrogens (tertiary/aromatic N) is 2. The molecule has 1 aliphatic rings. The van der Waals surface area contributed by atoms with Crippen molar-refractivity contribution in [2.45, 2.75) is 6.92 Å². The smallest absolute Gasteiger partial charge is 0.231 e. The molecule has 0 unspecified atom stereocenters. The molecule has 114 valence electrons. The van der Waals surface area contributed by atoms with Crippen LogP contribution in [-0.2, 0) is 0 Å². The Kier molecular flexibility index (Phi) is 3.87. The van der Waals surface area contributed by atoms with Crippen LogP contribution in [0, 0.1) is 0 Å². The van der Waals surface area contributed by atoms with Crippen LogP contribution in [0.4, 0.5) is 11.4 Å². The van der Waals surface area contributed by atoms with Gasteiger partial charge < -0.3 is 14.8 Å². The van der Waals surface area contributed by atoms with Gasteiger partial charge in [0.15, 0.2) is 11.5 Å². The van der Waals surface area contributed by atoms with Crippen LogP contribution < -0.4 is 19.8 Å². The van der Waals surface area contributed by atoms with Crippen molar-refractivity contribution in [2.24, 2.45) is 5.10 Å². The zero-order valence-electron chi connectivity index (χ0n) is 13.0. The first-order chi connectivity index (χ1) is 10.7. The minimum atomic E-state index is 0.266. The molecule has 0 spiro atoms. The first kappa shape index (κ1) is 14.3. The van der Waals surface area contributed by atoms with E-state index in [0.717, 1.165) is 34.1 Å². The Morgan fingerprint density at radius 1 is 1.14 bits per heavy atom. The van der Waals surface area contributed by atoms with Gasteiger partial charge in [-0.25, -0.2) is 0 Å². The van der Waals surface area contributed by atoms with Crippen LogP contribution in [0.3, 0.4) is 0 Å². The normalized spacial score (nSPS) is 13.1. The molecular weight excluding hydrogens is 278 g/mol. The van der Waals surface area contributed by atoms with Gasteiger partial charge in [0.05, 0.1) is 11.4 Å². The summed E-state index contributed by atoms with van der Waals surface area (Å²) in [6, 6.07) is 13.9. The maximum absolute atomic E-state index is 5.46. The largest absolute Gasteiger partial charge is 0.454 e. The molecule has 0 saturated carbocycles. The highest BCUT2D eigenvalue weighted by atomic mass is 16.7. The third kappa shape index (κ3) is 2.70. The fraction of sp³-hybridized carbons (Fsp3) is 0.235. The van der Waals surface area contributed by atoms with E-state index in [-0.39, 0.29) is 6.79 Å². The zero-order chi connectivity index (χ0) is 15.5.